The third-order valence-electron chi connectivity index (χ3n) is 3.28. The first-order valence-corrected chi connectivity index (χ1v) is 5.52. The first kappa shape index (κ1) is 11.3. The van der Waals surface area contributed by atoms with E-state index in [0.29, 0.717) is 11.3 Å². The van der Waals surface area contributed by atoms with E-state index in [1.165, 1.54) is 18.4 Å². The van der Waals surface area contributed by atoms with E-state index in [9.17, 15) is 0 Å². The second kappa shape index (κ2) is 4.63. The Bertz CT molecular complexity index is 253. The molecule has 0 saturated heterocycles. The molecule has 1 aliphatic rings. The van der Waals surface area contributed by atoms with E-state index in [1.807, 2.05) is 6.08 Å². The van der Waals surface area contributed by atoms with Gasteiger partial charge in [0, 0.05) is 0 Å². The molecule has 1 rings (SSSR count). The molecule has 0 heterocycles. The van der Waals surface area contributed by atoms with Crippen LogP contribution in [0.4, 0.5) is 0 Å². The Morgan fingerprint density at radius 3 is 2.79 bits per heavy atom. The lowest BCUT2D eigenvalue weighted by Gasteiger charge is -2.33. The maximum Gasteiger partial charge on any atom is -0.0144 e. The van der Waals surface area contributed by atoms with Crippen molar-refractivity contribution in [3.8, 4) is 0 Å². The predicted molar refractivity (Wildman–Crippen MR) is 64.2 cm³/mol. The summed E-state index contributed by atoms with van der Waals surface area (Å²) in [7, 11) is 0. The van der Waals surface area contributed by atoms with Gasteiger partial charge in [-0.15, -0.1) is 6.58 Å². The lowest BCUT2D eigenvalue weighted by atomic mass is 9.72. The van der Waals surface area contributed by atoms with Crippen molar-refractivity contribution in [3.05, 3.63) is 36.5 Å². The van der Waals surface area contributed by atoms with Gasteiger partial charge in [-0.1, -0.05) is 43.7 Å². The molecule has 0 radical (unpaired) electrons. The van der Waals surface area contributed by atoms with Gasteiger partial charge in [0.2, 0.25) is 0 Å². The van der Waals surface area contributed by atoms with Gasteiger partial charge in [-0.2, -0.15) is 0 Å². The zero-order valence-corrected chi connectivity index (χ0v) is 9.72. The molecule has 1 aliphatic carbocycles. The van der Waals surface area contributed by atoms with E-state index in [-0.39, 0.29) is 0 Å². The first-order valence-electron chi connectivity index (χ1n) is 5.52. The van der Waals surface area contributed by atoms with Gasteiger partial charge in [0.1, 0.15) is 0 Å². The molecule has 0 fully saturated rings. The number of hydrogen-bond donors (Lipinski definition) is 0. The monoisotopic (exact) mass is 190 g/mol. The lowest BCUT2D eigenvalue weighted by molar-refractivity contribution is 0.240. The van der Waals surface area contributed by atoms with Gasteiger partial charge in [0.05, 0.1) is 0 Å². The van der Waals surface area contributed by atoms with Gasteiger partial charge < -0.3 is 0 Å². The van der Waals surface area contributed by atoms with Crippen molar-refractivity contribution in [3.63, 3.8) is 0 Å². The minimum Gasteiger partial charge on any atom is -0.103 e. The van der Waals surface area contributed by atoms with Crippen LogP contribution in [0.15, 0.2) is 36.5 Å². The summed E-state index contributed by atoms with van der Waals surface area (Å²) in [5, 5.41) is 0. The van der Waals surface area contributed by atoms with Crippen LogP contribution in [0, 0.1) is 11.3 Å². The molecule has 0 aromatic carbocycles. The molecule has 0 spiro atoms. The van der Waals surface area contributed by atoms with Crippen LogP contribution >= 0.6 is 0 Å². The highest BCUT2D eigenvalue weighted by Gasteiger charge is 2.26. The number of rotatable bonds is 4. The second-order valence-electron chi connectivity index (χ2n) is 4.97. The molecule has 0 saturated carbocycles. The van der Waals surface area contributed by atoms with Crippen molar-refractivity contribution >= 4 is 0 Å². The second-order valence-corrected chi connectivity index (χ2v) is 4.97. The number of allylic oxidation sites excluding steroid dienone is 5. The summed E-state index contributed by atoms with van der Waals surface area (Å²) >= 11 is 0. The largest absolute Gasteiger partial charge is 0.103 e. The quantitative estimate of drug-likeness (QED) is 0.572. The van der Waals surface area contributed by atoms with Crippen LogP contribution in [0.25, 0.3) is 0 Å². The SMILES string of the molecule is C=CCCC(C)(C)C1C=CC(C)=CC1. The van der Waals surface area contributed by atoms with E-state index in [1.54, 1.807) is 0 Å². The van der Waals surface area contributed by atoms with Gasteiger partial charge in [-0.25, -0.2) is 0 Å². The average Bonchev–Trinajstić information content (AvgIpc) is 2.16. The van der Waals surface area contributed by atoms with Crippen LogP contribution in [-0.4, -0.2) is 0 Å². The molecule has 1 unspecified atom stereocenters. The van der Waals surface area contributed by atoms with Crippen molar-refractivity contribution in [2.45, 2.75) is 40.0 Å². The highest BCUT2D eigenvalue weighted by molar-refractivity contribution is 5.22. The van der Waals surface area contributed by atoms with Crippen LogP contribution < -0.4 is 0 Å². The van der Waals surface area contributed by atoms with Crippen molar-refractivity contribution in [1.82, 2.24) is 0 Å². The fourth-order valence-electron chi connectivity index (χ4n) is 1.97. The highest BCUT2D eigenvalue weighted by Crippen LogP contribution is 2.37. The standard InChI is InChI=1S/C14H22/c1-5-6-11-14(3,4)13-9-7-12(2)8-10-13/h5,7-9,13H,1,6,10-11H2,2-4H3. The topological polar surface area (TPSA) is 0 Å². The molecule has 0 nitrogen and oxygen atoms in total. The molecule has 0 aromatic rings. The number of hydrogen-bond acceptors (Lipinski definition) is 0. The third-order valence-corrected chi connectivity index (χ3v) is 3.28. The van der Waals surface area contributed by atoms with E-state index in [2.05, 4.69) is 45.6 Å². The lowest BCUT2D eigenvalue weighted by Crippen LogP contribution is -2.23. The van der Waals surface area contributed by atoms with Crippen LogP contribution in [0.5, 0.6) is 0 Å². The molecule has 1 atom stereocenters. The summed E-state index contributed by atoms with van der Waals surface area (Å²) in [6, 6.07) is 0. The van der Waals surface area contributed by atoms with Gasteiger partial charge >= 0.3 is 0 Å². The van der Waals surface area contributed by atoms with Gasteiger partial charge in [0.15, 0.2) is 0 Å². The molecule has 14 heavy (non-hydrogen) atoms. The summed E-state index contributed by atoms with van der Waals surface area (Å²) in [5.74, 6) is 0.700. The molecule has 0 N–H and O–H groups in total. The third kappa shape index (κ3) is 2.87. The van der Waals surface area contributed by atoms with Crippen LogP contribution in [-0.2, 0) is 0 Å². The minimum absolute atomic E-state index is 0.405. The van der Waals surface area contributed by atoms with Gasteiger partial charge in [-0.05, 0) is 37.5 Å². The zero-order chi connectivity index (χ0) is 10.6. The fourth-order valence-corrected chi connectivity index (χ4v) is 1.97. The van der Waals surface area contributed by atoms with Gasteiger partial charge in [0.25, 0.3) is 0 Å². The van der Waals surface area contributed by atoms with E-state index < -0.39 is 0 Å². The maximum absolute atomic E-state index is 3.79. The van der Waals surface area contributed by atoms with Crippen molar-refractivity contribution in [2.75, 3.05) is 0 Å². The summed E-state index contributed by atoms with van der Waals surface area (Å²) in [4.78, 5) is 0. The van der Waals surface area contributed by atoms with Crippen molar-refractivity contribution in [2.24, 2.45) is 11.3 Å². The van der Waals surface area contributed by atoms with Crippen LogP contribution in [0.2, 0.25) is 0 Å². The highest BCUT2D eigenvalue weighted by atomic mass is 14.3. The summed E-state index contributed by atoms with van der Waals surface area (Å²) < 4.78 is 0. The maximum atomic E-state index is 3.79. The van der Waals surface area contributed by atoms with Gasteiger partial charge in [-0.3, -0.25) is 0 Å². The first-order chi connectivity index (χ1) is 6.56. The Kier molecular flexibility index (Phi) is 3.74. The van der Waals surface area contributed by atoms with E-state index in [4.69, 9.17) is 0 Å². The summed E-state index contributed by atoms with van der Waals surface area (Å²) in [5.41, 5.74) is 1.81. The van der Waals surface area contributed by atoms with E-state index in [0.717, 1.165) is 6.42 Å². The smallest absolute Gasteiger partial charge is 0.0144 e. The zero-order valence-electron chi connectivity index (χ0n) is 9.72. The molecule has 0 aliphatic heterocycles. The molecule has 0 heteroatoms. The predicted octanol–water partition coefficient (Wildman–Crippen LogP) is 4.50. The van der Waals surface area contributed by atoms with Crippen LogP contribution in [0.3, 0.4) is 0 Å². The van der Waals surface area contributed by atoms with Crippen molar-refractivity contribution in [1.29, 1.82) is 0 Å². The molecule has 0 amide bonds. The molecular formula is C14H22. The molecular weight excluding hydrogens is 168 g/mol. The normalized spacial score (nSPS) is 21.9. The Morgan fingerprint density at radius 1 is 1.57 bits per heavy atom. The Morgan fingerprint density at radius 2 is 2.29 bits per heavy atom. The van der Waals surface area contributed by atoms with Crippen molar-refractivity contribution < 1.29 is 0 Å². The summed E-state index contributed by atoms with van der Waals surface area (Å²) in [6.45, 7) is 10.7. The summed E-state index contributed by atoms with van der Waals surface area (Å²) in [6.07, 6.45) is 12.6. The molecule has 0 aromatic heterocycles. The van der Waals surface area contributed by atoms with Crippen LogP contribution in [0.1, 0.15) is 40.0 Å². The minimum atomic E-state index is 0.405. The Labute approximate surface area is 88.4 Å². The fraction of sp³-hybridized carbons (Fsp3) is 0.571. The molecule has 0 bridgehead atoms. The Hall–Kier alpha value is -0.780. The Balaban J connectivity index is 2.56. The average molecular weight is 190 g/mol. The molecule has 78 valence electrons. The van der Waals surface area contributed by atoms with E-state index >= 15 is 0 Å².